The third kappa shape index (κ3) is 7.45. The molecule has 1 amide bonds. The zero-order valence-corrected chi connectivity index (χ0v) is 15.2. The van der Waals surface area contributed by atoms with E-state index in [9.17, 15) is 4.79 Å². The number of nitrogens with zero attached hydrogens (tertiary/aromatic N) is 2. The van der Waals surface area contributed by atoms with Gasteiger partial charge in [-0.15, -0.1) is 0 Å². The van der Waals surface area contributed by atoms with Gasteiger partial charge >= 0.3 is 6.09 Å². The van der Waals surface area contributed by atoms with Crippen molar-refractivity contribution >= 4 is 6.09 Å². The first-order valence-corrected chi connectivity index (χ1v) is 8.76. The van der Waals surface area contributed by atoms with Crippen molar-refractivity contribution in [3.8, 4) is 0 Å². The summed E-state index contributed by atoms with van der Waals surface area (Å²) in [5, 5.41) is 3.51. The lowest BCUT2D eigenvalue weighted by molar-refractivity contribution is 0.0246. The predicted octanol–water partition coefficient (Wildman–Crippen LogP) is 2.56. The van der Waals surface area contributed by atoms with Gasteiger partial charge in [0.15, 0.2) is 0 Å². The van der Waals surface area contributed by atoms with E-state index in [0.717, 1.165) is 45.2 Å². The molecule has 1 heterocycles. The normalized spacial score (nSPS) is 19.4. The topological polar surface area (TPSA) is 44.8 Å². The Kier molecular flexibility index (Phi) is 8.18. The Balaban J connectivity index is 2.28. The van der Waals surface area contributed by atoms with Crippen molar-refractivity contribution in [1.82, 2.24) is 15.1 Å². The molecule has 130 valence electrons. The molecule has 1 unspecified atom stereocenters. The highest BCUT2D eigenvalue weighted by Crippen LogP contribution is 2.15. The highest BCUT2D eigenvalue weighted by atomic mass is 16.6. The second-order valence-corrected chi connectivity index (χ2v) is 7.22. The number of hydrogen-bond donors (Lipinski definition) is 1. The maximum Gasteiger partial charge on any atom is 0.410 e. The molecular weight excluding hydrogens is 278 g/mol. The largest absolute Gasteiger partial charge is 0.444 e. The predicted molar refractivity (Wildman–Crippen MR) is 91.2 cm³/mol. The summed E-state index contributed by atoms with van der Waals surface area (Å²) < 4.78 is 5.45. The van der Waals surface area contributed by atoms with Crippen LogP contribution in [0, 0.1) is 5.92 Å². The minimum absolute atomic E-state index is 0.199. The van der Waals surface area contributed by atoms with Crippen molar-refractivity contribution in [2.75, 3.05) is 45.8 Å². The maximum absolute atomic E-state index is 12.1. The molecule has 1 N–H and O–H groups in total. The summed E-state index contributed by atoms with van der Waals surface area (Å²) in [6, 6.07) is 0. The first-order valence-electron chi connectivity index (χ1n) is 8.76. The number of rotatable bonds is 8. The second kappa shape index (κ2) is 9.36. The second-order valence-electron chi connectivity index (χ2n) is 7.22. The van der Waals surface area contributed by atoms with Gasteiger partial charge in [-0.25, -0.2) is 4.79 Å². The highest BCUT2D eigenvalue weighted by Gasteiger charge is 2.24. The van der Waals surface area contributed by atoms with Gasteiger partial charge in [0.2, 0.25) is 0 Å². The van der Waals surface area contributed by atoms with E-state index in [1.807, 2.05) is 27.7 Å². The maximum atomic E-state index is 12.1. The Morgan fingerprint density at radius 1 is 1.36 bits per heavy atom. The molecule has 1 fully saturated rings. The van der Waals surface area contributed by atoms with Gasteiger partial charge in [-0.1, -0.05) is 6.92 Å². The van der Waals surface area contributed by atoms with Crippen LogP contribution in [0.25, 0.3) is 0 Å². The third-order valence-corrected chi connectivity index (χ3v) is 3.95. The van der Waals surface area contributed by atoms with Gasteiger partial charge in [0.25, 0.3) is 0 Å². The van der Waals surface area contributed by atoms with Gasteiger partial charge in [0.1, 0.15) is 5.60 Å². The quantitative estimate of drug-likeness (QED) is 0.700. The fourth-order valence-electron chi connectivity index (χ4n) is 2.73. The summed E-state index contributed by atoms with van der Waals surface area (Å²) in [7, 11) is 0. The molecule has 0 aromatic rings. The summed E-state index contributed by atoms with van der Waals surface area (Å²) in [5.41, 5.74) is -0.422. The van der Waals surface area contributed by atoms with Crippen LogP contribution >= 0.6 is 0 Å². The van der Waals surface area contributed by atoms with Gasteiger partial charge in [-0.2, -0.15) is 0 Å². The Labute approximate surface area is 136 Å². The van der Waals surface area contributed by atoms with Gasteiger partial charge in [-0.3, -0.25) is 0 Å². The number of likely N-dealkylation sites (tertiary alicyclic amines) is 1. The molecule has 0 bridgehead atoms. The molecule has 5 nitrogen and oxygen atoms in total. The minimum atomic E-state index is -0.422. The fourth-order valence-corrected chi connectivity index (χ4v) is 2.73. The molecule has 1 aliphatic heterocycles. The number of nitrogens with one attached hydrogen (secondary N) is 1. The molecular formula is C17H35N3O2. The SMILES string of the molecule is CCCNCC1CCN(CCN(CC)C(=O)OC(C)(C)C)C1. The average Bonchev–Trinajstić information content (AvgIpc) is 2.85. The number of hydrogen-bond acceptors (Lipinski definition) is 4. The molecule has 22 heavy (non-hydrogen) atoms. The Morgan fingerprint density at radius 3 is 2.68 bits per heavy atom. The van der Waals surface area contributed by atoms with Crippen LogP contribution in [0.15, 0.2) is 0 Å². The van der Waals surface area contributed by atoms with E-state index in [4.69, 9.17) is 4.74 Å². The standard InChI is InChI=1S/C17H35N3O2/c1-6-9-18-13-15-8-10-19(14-15)11-12-20(7-2)16(21)22-17(3,4)5/h15,18H,6-14H2,1-5H3. The van der Waals surface area contributed by atoms with E-state index >= 15 is 0 Å². The van der Waals surface area contributed by atoms with E-state index in [2.05, 4.69) is 17.1 Å². The van der Waals surface area contributed by atoms with Gasteiger partial charge in [-0.05, 0) is 66.1 Å². The molecule has 1 rings (SSSR count). The monoisotopic (exact) mass is 313 g/mol. The van der Waals surface area contributed by atoms with Gasteiger partial charge < -0.3 is 19.9 Å². The smallest absolute Gasteiger partial charge is 0.410 e. The van der Waals surface area contributed by atoms with Crippen molar-refractivity contribution in [1.29, 1.82) is 0 Å². The average molecular weight is 313 g/mol. The summed E-state index contributed by atoms with van der Waals surface area (Å²) in [6.45, 7) is 16.8. The van der Waals surface area contributed by atoms with Crippen LogP contribution in [-0.2, 0) is 4.74 Å². The first kappa shape index (κ1) is 19.2. The summed E-state index contributed by atoms with van der Waals surface area (Å²) >= 11 is 0. The van der Waals surface area contributed by atoms with Crippen molar-refractivity contribution in [2.45, 2.75) is 53.1 Å². The molecule has 0 aliphatic carbocycles. The molecule has 0 aromatic heterocycles. The van der Waals surface area contributed by atoms with Crippen LogP contribution in [0.4, 0.5) is 4.79 Å². The van der Waals surface area contributed by atoms with E-state index in [1.165, 1.54) is 12.8 Å². The molecule has 1 saturated heterocycles. The molecule has 0 aromatic carbocycles. The molecule has 1 aliphatic rings. The number of likely N-dealkylation sites (N-methyl/N-ethyl adjacent to an activating group) is 1. The lowest BCUT2D eigenvalue weighted by atomic mass is 10.1. The molecule has 0 spiro atoms. The summed E-state index contributed by atoms with van der Waals surface area (Å²) in [4.78, 5) is 16.4. The Morgan fingerprint density at radius 2 is 2.09 bits per heavy atom. The Hall–Kier alpha value is -0.810. The number of amides is 1. The van der Waals surface area contributed by atoms with E-state index in [1.54, 1.807) is 4.90 Å². The molecule has 5 heteroatoms. The van der Waals surface area contributed by atoms with Crippen LogP contribution in [0.5, 0.6) is 0 Å². The van der Waals surface area contributed by atoms with Crippen molar-refractivity contribution in [3.63, 3.8) is 0 Å². The van der Waals surface area contributed by atoms with Crippen molar-refractivity contribution in [2.24, 2.45) is 5.92 Å². The van der Waals surface area contributed by atoms with E-state index < -0.39 is 5.60 Å². The number of carbonyl (C=O) groups excluding carboxylic acids is 1. The van der Waals surface area contributed by atoms with Gasteiger partial charge in [0.05, 0.1) is 0 Å². The molecule has 1 atom stereocenters. The lowest BCUT2D eigenvalue weighted by Crippen LogP contribution is -2.41. The lowest BCUT2D eigenvalue weighted by Gasteiger charge is -2.28. The van der Waals surface area contributed by atoms with Crippen LogP contribution < -0.4 is 5.32 Å². The third-order valence-electron chi connectivity index (χ3n) is 3.95. The van der Waals surface area contributed by atoms with Crippen LogP contribution in [0.2, 0.25) is 0 Å². The summed E-state index contributed by atoms with van der Waals surface area (Å²) in [5.74, 6) is 0.753. The minimum Gasteiger partial charge on any atom is -0.444 e. The van der Waals surface area contributed by atoms with Crippen LogP contribution in [0.1, 0.15) is 47.5 Å². The van der Waals surface area contributed by atoms with Crippen molar-refractivity contribution < 1.29 is 9.53 Å². The molecule has 0 radical (unpaired) electrons. The van der Waals surface area contributed by atoms with E-state index in [0.29, 0.717) is 6.54 Å². The van der Waals surface area contributed by atoms with E-state index in [-0.39, 0.29) is 6.09 Å². The number of ether oxygens (including phenoxy) is 1. The zero-order valence-electron chi connectivity index (χ0n) is 15.2. The fraction of sp³-hybridized carbons (Fsp3) is 0.941. The first-order chi connectivity index (χ1) is 10.4. The van der Waals surface area contributed by atoms with Crippen LogP contribution in [-0.4, -0.2) is 67.3 Å². The van der Waals surface area contributed by atoms with Crippen molar-refractivity contribution in [3.05, 3.63) is 0 Å². The van der Waals surface area contributed by atoms with Gasteiger partial charge in [0, 0.05) is 26.2 Å². The number of carbonyl (C=O) groups is 1. The zero-order chi connectivity index (χ0) is 16.6. The highest BCUT2D eigenvalue weighted by molar-refractivity contribution is 5.68. The molecule has 0 saturated carbocycles. The summed E-state index contributed by atoms with van der Waals surface area (Å²) in [6.07, 6.45) is 2.25. The van der Waals surface area contributed by atoms with Crippen LogP contribution in [0.3, 0.4) is 0 Å². The Bertz CT molecular complexity index is 328.